The van der Waals surface area contributed by atoms with Crippen molar-refractivity contribution in [2.45, 2.75) is 38.8 Å². The highest BCUT2D eigenvalue weighted by Gasteiger charge is 2.32. The predicted molar refractivity (Wildman–Crippen MR) is 73.5 cm³/mol. The first-order valence-corrected chi connectivity index (χ1v) is 6.71. The van der Waals surface area contributed by atoms with Crippen LogP contribution < -0.4 is 0 Å². The van der Waals surface area contributed by atoms with Gasteiger partial charge in [-0.25, -0.2) is 9.78 Å². The largest absolute Gasteiger partial charge is 0.466 e. The Morgan fingerprint density at radius 1 is 1.33 bits per heavy atom. The van der Waals surface area contributed by atoms with Crippen molar-refractivity contribution in [1.82, 2.24) is 4.98 Å². The number of unbranched alkanes of at least 4 members (excludes halogenated alkanes) is 2. The van der Waals surface area contributed by atoms with E-state index in [-0.39, 0.29) is 0 Å². The Labute approximate surface area is 121 Å². The lowest BCUT2D eigenvalue weighted by Gasteiger charge is -2.10. The Morgan fingerprint density at radius 2 is 2.05 bits per heavy atom. The first-order chi connectivity index (χ1) is 9.88. The van der Waals surface area contributed by atoms with E-state index in [0.717, 1.165) is 25.3 Å². The van der Waals surface area contributed by atoms with E-state index in [2.05, 4.69) is 9.72 Å². The number of esters is 1. The molecule has 0 saturated carbocycles. The highest BCUT2D eigenvalue weighted by atomic mass is 19.4. The minimum Gasteiger partial charge on any atom is -0.466 e. The van der Waals surface area contributed by atoms with Gasteiger partial charge in [0.2, 0.25) is 0 Å². The quantitative estimate of drug-likeness (QED) is 0.452. The average Bonchev–Trinajstić information content (AvgIpc) is 2.44. The molecule has 0 spiro atoms. The molecule has 0 aromatic carbocycles. The monoisotopic (exact) mass is 301 g/mol. The fourth-order valence-electron chi connectivity index (χ4n) is 1.79. The third-order valence-corrected chi connectivity index (χ3v) is 2.92. The van der Waals surface area contributed by atoms with Gasteiger partial charge < -0.3 is 4.74 Å². The van der Waals surface area contributed by atoms with E-state index in [0.29, 0.717) is 17.7 Å². The standard InChI is InChI=1S/C15H18F3NO2/c1-3-4-5-6-12-11(8-10-14(20)21-2)7-9-13(19-12)15(16,17)18/h7-10H,3-6H2,1-2H3. The van der Waals surface area contributed by atoms with Gasteiger partial charge in [0.25, 0.3) is 0 Å². The summed E-state index contributed by atoms with van der Waals surface area (Å²) in [4.78, 5) is 14.8. The van der Waals surface area contributed by atoms with E-state index in [1.807, 2.05) is 6.92 Å². The van der Waals surface area contributed by atoms with Crippen LogP contribution in [-0.4, -0.2) is 18.1 Å². The number of alkyl halides is 3. The molecule has 6 heteroatoms. The topological polar surface area (TPSA) is 39.2 Å². The summed E-state index contributed by atoms with van der Waals surface area (Å²) in [5, 5.41) is 0. The van der Waals surface area contributed by atoms with E-state index < -0.39 is 17.8 Å². The highest BCUT2D eigenvalue weighted by Crippen LogP contribution is 2.29. The van der Waals surface area contributed by atoms with E-state index >= 15 is 0 Å². The zero-order chi connectivity index (χ0) is 15.9. The molecular formula is C15H18F3NO2. The van der Waals surface area contributed by atoms with Gasteiger partial charge in [-0.2, -0.15) is 13.2 Å². The molecule has 0 aliphatic rings. The molecule has 21 heavy (non-hydrogen) atoms. The zero-order valence-electron chi connectivity index (χ0n) is 12.0. The van der Waals surface area contributed by atoms with Gasteiger partial charge in [0.1, 0.15) is 5.69 Å². The summed E-state index contributed by atoms with van der Waals surface area (Å²) in [6.07, 6.45) is 1.21. The van der Waals surface area contributed by atoms with E-state index in [4.69, 9.17) is 0 Å². The van der Waals surface area contributed by atoms with Gasteiger partial charge in [0, 0.05) is 11.8 Å². The summed E-state index contributed by atoms with van der Waals surface area (Å²) in [6.45, 7) is 2.01. The number of ether oxygens (including phenoxy) is 1. The van der Waals surface area contributed by atoms with E-state index in [9.17, 15) is 18.0 Å². The molecule has 0 amide bonds. The van der Waals surface area contributed by atoms with Gasteiger partial charge in [0.05, 0.1) is 7.11 Å². The molecule has 0 aliphatic heterocycles. The average molecular weight is 301 g/mol. The van der Waals surface area contributed by atoms with Gasteiger partial charge in [-0.3, -0.25) is 0 Å². The van der Waals surface area contributed by atoms with Crippen LogP contribution in [0.25, 0.3) is 6.08 Å². The van der Waals surface area contributed by atoms with Crippen LogP contribution in [0.5, 0.6) is 0 Å². The Morgan fingerprint density at radius 3 is 2.62 bits per heavy atom. The summed E-state index contributed by atoms with van der Waals surface area (Å²) in [7, 11) is 1.24. The number of carbonyl (C=O) groups excluding carboxylic acids is 1. The van der Waals surface area contributed by atoms with Crippen molar-refractivity contribution in [2.75, 3.05) is 7.11 Å². The number of hydrogen-bond acceptors (Lipinski definition) is 3. The van der Waals surface area contributed by atoms with Crippen LogP contribution in [0.15, 0.2) is 18.2 Å². The number of methoxy groups -OCH3 is 1. The van der Waals surface area contributed by atoms with Crippen LogP contribution >= 0.6 is 0 Å². The second kappa shape index (κ2) is 7.81. The molecule has 0 atom stereocenters. The lowest BCUT2D eigenvalue weighted by Crippen LogP contribution is -2.10. The summed E-state index contributed by atoms with van der Waals surface area (Å²) in [6, 6.07) is 2.25. The molecule has 3 nitrogen and oxygen atoms in total. The van der Waals surface area contributed by atoms with Crippen LogP contribution in [0.4, 0.5) is 13.2 Å². The molecule has 1 aromatic heterocycles. The number of nitrogens with zero attached hydrogens (tertiary/aromatic N) is 1. The van der Waals surface area contributed by atoms with Crippen LogP contribution in [0, 0.1) is 0 Å². The molecule has 0 fully saturated rings. The van der Waals surface area contributed by atoms with Crippen molar-refractivity contribution in [3.63, 3.8) is 0 Å². The number of hydrogen-bond donors (Lipinski definition) is 0. The second-order valence-corrected chi connectivity index (χ2v) is 4.54. The molecule has 0 saturated heterocycles. The normalized spacial score (nSPS) is 11.9. The number of carbonyl (C=O) groups is 1. The van der Waals surface area contributed by atoms with Crippen molar-refractivity contribution in [2.24, 2.45) is 0 Å². The molecule has 0 aliphatic carbocycles. The van der Waals surface area contributed by atoms with Gasteiger partial charge in [-0.1, -0.05) is 25.8 Å². The molecule has 0 radical (unpaired) electrons. The van der Waals surface area contributed by atoms with Gasteiger partial charge >= 0.3 is 12.1 Å². The number of rotatable bonds is 6. The summed E-state index contributed by atoms with van der Waals surface area (Å²) in [5.41, 5.74) is -0.0628. The number of aromatic nitrogens is 1. The zero-order valence-corrected chi connectivity index (χ0v) is 12.0. The van der Waals surface area contributed by atoms with Crippen molar-refractivity contribution in [3.05, 3.63) is 35.2 Å². The maximum absolute atomic E-state index is 12.7. The first kappa shape index (κ1) is 17.2. The third kappa shape index (κ3) is 5.57. The van der Waals surface area contributed by atoms with Crippen LogP contribution in [-0.2, 0) is 22.1 Å². The number of halogens is 3. The highest BCUT2D eigenvalue weighted by molar-refractivity contribution is 5.87. The predicted octanol–water partition coefficient (Wildman–Crippen LogP) is 4.02. The van der Waals surface area contributed by atoms with Gasteiger partial charge in [0.15, 0.2) is 0 Å². The molecule has 0 bridgehead atoms. The van der Waals surface area contributed by atoms with Crippen molar-refractivity contribution in [3.8, 4) is 0 Å². The molecule has 1 heterocycles. The van der Waals surface area contributed by atoms with Crippen molar-refractivity contribution in [1.29, 1.82) is 0 Å². The Bertz CT molecular complexity index is 510. The molecular weight excluding hydrogens is 283 g/mol. The smallest absolute Gasteiger partial charge is 0.433 e. The second-order valence-electron chi connectivity index (χ2n) is 4.54. The van der Waals surface area contributed by atoms with Gasteiger partial charge in [-0.05, 0) is 30.5 Å². The molecule has 1 aromatic rings. The maximum atomic E-state index is 12.7. The van der Waals surface area contributed by atoms with E-state index in [1.54, 1.807) is 0 Å². The first-order valence-electron chi connectivity index (χ1n) is 6.71. The lowest BCUT2D eigenvalue weighted by atomic mass is 10.1. The fraction of sp³-hybridized carbons (Fsp3) is 0.467. The number of pyridine rings is 1. The summed E-state index contributed by atoms with van der Waals surface area (Å²) >= 11 is 0. The Hall–Kier alpha value is -1.85. The van der Waals surface area contributed by atoms with Crippen molar-refractivity contribution < 1.29 is 22.7 Å². The summed E-state index contributed by atoms with van der Waals surface area (Å²) in [5.74, 6) is -0.561. The maximum Gasteiger partial charge on any atom is 0.433 e. The summed E-state index contributed by atoms with van der Waals surface area (Å²) < 4.78 is 42.6. The molecule has 0 N–H and O–H groups in total. The van der Waals surface area contributed by atoms with Crippen LogP contribution in [0.3, 0.4) is 0 Å². The minimum absolute atomic E-state index is 0.346. The van der Waals surface area contributed by atoms with Gasteiger partial charge in [-0.15, -0.1) is 0 Å². The lowest BCUT2D eigenvalue weighted by molar-refractivity contribution is -0.141. The van der Waals surface area contributed by atoms with Crippen molar-refractivity contribution >= 4 is 12.0 Å². The SMILES string of the molecule is CCCCCc1nc(C(F)(F)F)ccc1C=CC(=O)OC. The molecule has 0 unspecified atom stereocenters. The Kier molecular flexibility index (Phi) is 6.39. The molecule has 116 valence electrons. The molecule has 1 rings (SSSR count). The number of aryl methyl sites for hydroxylation is 1. The van der Waals surface area contributed by atoms with E-state index in [1.165, 1.54) is 25.3 Å². The fourth-order valence-corrected chi connectivity index (χ4v) is 1.79. The Balaban J connectivity index is 3.04. The van der Waals surface area contributed by atoms with Crippen LogP contribution in [0.1, 0.15) is 43.1 Å². The third-order valence-electron chi connectivity index (χ3n) is 2.92. The minimum atomic E-state index is -4.47. The van der Waals surface area contributed by atoms with Crippen LogP contribution in [0.2, 0.25) is 0 Å².